The standard InChI is InChI=1S/C42H62N12O12S2/c1-3-21(2)34-40(64)48-25(12-13-31(44)56)36(60)50-27(17-32(45)57)37(61)51-28(20-68-67-19-24(43)35(59)49-26(38(62)52-34)16-22-8-10-23(55)11-9-22)41(65)54-15-5-7-30(54)42(66)53-14-4-6-29(53)39(63)47-18-33(46)58/h8-11,21,24-30,34,55H,3-7,12-20,43H2,1-2H3,(H2,44,56)(H2,45,57)(H2,46,58)(H,47,63)(H,48,64)(H,49,59)(H,50,60)(H,51,61)(H,52,62)/t21-,24-,25?,26?,27-,28?,29-,30-,34-/m0/s1. The number of phenolic OH excluding ortho intramolecular Hbond substituents is 1. The molecular formula is C42H62N12O12S2. The Morgan fingerprint density at radius 3 is 1.91 bits per heavy atom. The van der Waals surface area contributed by atoms with E-state index in [0.29, 0.717) is 31.2 Å². The van der Waals surface area contributed by atoms with Gasteiger partial charge in [0.2, 0.25) is 65.0 Å². The molecule has 3 heterocycles. The lowest BCUT2D eigenvalue weighted by atomic mass is 9.96. The summed E-state index contributed by atoms with van der Waals surface area (Å²) in [6, 6.07) is -4.74. The molecule has 374 valence electrons. The Hall–Kier alpha value is -6.15. The summed E-state index contributed by atoms with van der Waals surface area (Å²) < 4.78 is 0. The maximum Gasteiger partial charge on any atom is 0.246 e. The Labute approximate surface area is 400 Å². The molecule has 26 heteroatoms. The summed E-state index contributed by atoms with van der Waals surface area (Å²) in [5, 5.41) is 25.1. The van der Waals surface area contributed by atoms with Crippen LogP contribution in [0.25, 0.3) is 0 Å². The molecule has 0 radical (unpaired) electrons. The number of amides is 11. The monoisotopic (exact) mass is 990 g/mol. The van der Waals surface area contributed by atoms with E-state index in [4.69, 9.17) is 22.9 Å². The van der Waals surface area contributed by atoms with Gasteiger partial charge in [0, 0.05) is 37.4 Å². The Morgan fingerprint density at radius 2 is 1.29 bits per heavy atom. The zero-order chi connectivity index (χ0) is 50.2. The van der Waals surface area contributed by atoms with Crippen molar-refractivity contribution in [2.75, 3.05) is 31.1 Å². The molecule has 3 saturated heterocycles. The van der Waals surface area contributed by atoms with E-state index in [-0.39, 0.29) is 49.6 Å². The molecule has 1 aromatic carbocycles. The molecule has 1 aromatic rings. The van der Waals surface area contributed by atoms with Gasteiger partial charge in [-0.2, -0.15) is 0 Å². The Kier molecular flexibility index (Phi) is 20.7. The van der Waals surface area contributed by atoms with Crippen molar-refractivity contribution in [2.24, 2.45) is 28.9 Å². The molecule has 24 nitrogen and oxygen atoms in total. The van der Waals surface area contributed by atoms with Gasteiger partial charge in [-0.25, -0.2) is 0 Å². The molecule has 3 fully saturated rings. The van der Waals surface area contributed by atoms with E-state index in [1.807, 2.05) is 0 Å². The van der Waals surface area contributed by atoms with E-state index in [1.54, 1.807) is 13.8 Å². The van der Waals surface area contributed by atoms with Gasteiger partial charge in [-0.3, -0.25) is 52.7 Å². The van der Waals surface area contributed by atoms with Crippen LogP contribution >= 0.6 is 21.6 Å². The lowest BCUT2D eigenvalue weighted by molar-refractivity contribution is -0.147. The largest absolute Gasteiger partial charge is 0.508 e. The second kappa shape index (κ2) is 25.8. The molecule has 3 aliphatic rings. The first-order valence-corrected chi connectivity index (χ1v) is 24.7. The minimum Gasteiger partial charge on any atom is -0.508 e. The number of rotatable bonds is 14. The van der Waals surface area contributed by atoms with Crippen LogP contribution in [0.5, 0.6) is 5.75 Å². The van der Waals surface area contributed by atoms with Gasteiger partial charge in [0.25, 0.3) is 0 Å². The van der Waals surface area contributed by atoms with Crippen LogP contribution in [0.1, 0.15) is 70.8 Å². The summed E-state index contributed by atoms with van der Waals surface area (Å²) in [5.74, 6) is -9.93. The first-order valence-electron chi connectivity index (χ1n) is 22.2. The van der Waals surface area contributed by atoms with Gasteiger partial charge in [0.1, 0.15) is 48.0 Å². The molecule has 0 saturated carbocycles. The van der Waals surface area contributed by atoms with Crippen molar-refractivity contribution in [1.29, 1.82) is 0 Å². The van der Waals surface area contributed by atoms with Gasteiger partial charge in [0.05, 0.1) is 19.0 Å². The Balaban J connectivity index is 1.69. The van der Waals surface area contributed by atoms with Crippen LogP contribution in [-0.2, 0) is 59.2 Å². The van der Waals surface area contributed by atoms with E-state index in [9.17, 15) is 57.8 Å². The summed E-state index contributed by atoms with van der Waals surface area (Å²) >= 11 is 0. The lowest BCUT2D eigenvalue weighted by Crippen LogP contribution is -2.61. The number of aromatic hydroxyl groups is 1. The average molecular weight is 991 g/mol. The quantitative estimate of drug-likeness (QED) is 0.0789. The number of nitrogens with two attached hydrogens (primary N) is 4. The third kappa shape index (κ3) is 15.7. The van der Waals surface area contributed by atoms with Gasteiger partial charge in [-0.15, -0.1) is 0 Å². The fraction of sp³-hybridized carbons (Fsp3) is 0.595. The molecule has 0 bridgehead atoms. The van der Waals surface area contributed by atoms with E-state index >= 15 is 0 Å². The lowest BCUT2D eigenvalue weighted by Gasteiger charge is -2.33. The minimum atomic E-state index is -1.74. The SMILES string of the molecule is CC[C@H](C)[C@@H]1NC(=O)C(Cc2ccc(O)cc2)NC(=O)[C@@H](N)CSSCC(C(=O)N2CCC[C@H]2C(=O)N2CCC[C@H]2C(=O)NCC(N)=O)NC(=O)[C@H](CC(N)=O)NC(=O)C(CCC(N)=O)NC1=O. The second-order valence-electron chi connectivity index (χ2n) is 16.9. The Morgan fingerprint density at radius 1 is 0.721 bits per heavy atom. The smallest absolute Gasteiger partial charge is 0.246 e. The highest BCUT2D eigenvalue weighted by atomic mass is 33.1. The predicted octanol–water partition coefficient (Wildman–Crippen LogP) is -4.15. The van der Waals surface area contributed by atoms with Gasteiger partial charge < -0.3 is 69.7 Å². The molecule has 15 N–H and O–H groups in total. The Bertz CT molecular complexity index is 2070. The summed E-state index contributed by atoms with van der Waals surface area (Å²) in [4.78, 5) is 150. The first-order chi connectivity index (χ1) is 32.2. The summed E-state index contributed by atoms with van der Waals surface area (Å²) in [6.45, 7) is 3.24. The van der Waals surface area contributed by atoms with Gasteiger partial charge in [-0.1, -0.05) is 54.0 Å². The van der Waals surface area contributed by atoms with Crippen molar-refractivity contribution in [2.45, 2.75) is 120 Å². The van der Waals surface area contributed by atoms with E-state index in [0.717, 1.165) is 21.6 Å². The third-order valence-corrected chi connectivity index (χ3v) is 14.2. The number of benzene rings is 1. The number of primary amides is 3. The molecule has 68 heavy (non-hydrogen) atoms. The molecule has 11 amide bonds. The van der Waals surface area contributed by atoms with E-state index in [2.05, 4.69) is 31.9 Å². The topological polar surface area (TPSA) is 391 Å². The summed E-state index contributed by atoms with van der Waals surface area (Å²) in [5.41, 5.74) is 22.9. The normalized spacial score (nSPS) is 26.2. The second-order valence-corrected chi connectivity index (χ2v) is 19.5. The number of nitrogens with one attached hydrogen (secondary N) is 6. The number of hydrogen-bond donors (Lipinski definition) is 11. The first kappa shape index (κ1) is 54.5. The fourth-order valence-electron chi connectivity index (χ4n) is 7.85. The number of likely N-dealkylation sites (tertiary alicyclic amines) is 2. The van der Waals surface area contributed by atoms with Crippen molar-refractivity contribution in [3.8, 4) is 5.75 Å². The maximum absolute atomic E-state index is 14.5. The fourth-order valence-corrected chi connectivity index (χ4v) is 10.1. The van der Waals surface area contributed by atoms with Crippen molar-refractivity contribution < 1.29 is 57.8 Å². The van der Waals surface area contributed by atoms with Crippen LogP contribution < -0.4 is 54.8 Å². The minimum absolute atomic E-state index is 0.0440. The summed E-state index contributed by atoms with van der Waals surface area (Å²) in [6.07, 6.45) is 0.00339. The highest BCUT2D eigenvalue weighted by Gasteiger charge is 2.44. The van der Waals surface area contributed by atoms with Crippen molar-refractivity contribution in [1.82, 2.24) is 41.7 Å². The van der Waals surface area contributed by atoms with Crippen LogP contribution in [0.15, 0.2) is 24.3 Å². The van der Waals surface area contributed by atoms with Crippen LogP contribution in [0.2, 0.25) is 0 Å². The molecular weight excluding hydrogens is 929 g/mol. The number of nitrogens with zero attached hydrogens (tertiary/aromatic N) is 2. The maximum atomic E-state index is 14.5. The zero-order valence-corrected chi connectivity index (χ0v) is 39.5. The predicted molar refractivity (Wildman–Crippen MR) is 248 cm³/mol. The number of phenols is 1. The van der Waals surface area contributed by atoms with Crippen LogP contribution in [0.3, 0.4) is 0 Å². The molecule has 4 rings (SSSR count). The van der Waals surface area contributed by atoms with Crippen LogP contribution in [0.4, 0.5) is 0 Å². The van der Waals surface area contributed by atoms with Crippen LogP contribution in [-0.4, -0.2) is 159 Å². The van der Waals surface area contributed by atoms with Gasteiger partial charge in [0.15, 0.2) is 0 Å². The molecule has 0 aromatic heterocycles. The number of hydrogen-bond acceptors (Lipinski definition) is 15. The van der Waals surface area contributed by atoms with Crippen molar-refractivity contribution in [3.63, 3.8) is 0 Å². The van der Waals surface area contributed by atoms with Crippen molar-refractivity contribution in [3.05, 3.63) is 29.8 Å². The number of carbonyl (C=O) groups excluding carboxylic acids is 11. The molecule has 9 atom stereocenters. The average Bonchev–Trinajstić information content (AvgIpc) is 4.00. The highest BCUT2D eigenvalue weighted by molar-refractivity contribution is 8.76. The van der Waals surface area contributed by atoms with Gasteiger partial charge in [-0.05, 0) is 55.7 Å². The van der Waals surface area contributed by atoms with Crippen LogP contribution in [0, 0.1) is 5.92 Å². The number of carbonyl (C=O) groups is 11. The molecule has 3 unspecified atom stereocenters. The molecule has 3 aliphatic heterocycles. The molecule has 0 spiro atoms. The van der Waals surface area contributed by atoms with E-state index < -0.39 is 139 Å². The molecule has 0 aliphatic carbocycles. The zero-order valence-electron chi connectivity index (χ0n) is 37.9. The highest BCUT2D eigenvalue weighted by Crippen LogP contribution is 2.28. The van der Waals surface area contributed by atoms with Crippen molar-refractivity contribution >= 4 is 86.6 Å². The van der Waals surface area contributed by atoms with Gasteiger partial charge >= 0.3 is 0 Å². The summed E-state index contributed by atoms with van der Waals surface area (Å²) in [7, 11) is 2.07. The van der Waals surface area contributed by atoms with E-state index in [1.165, 1.54) is 34.1 Å². The third-order valence-electron chi connectivity index (χ3n) is 11.8.